The average Bonchev–Trinajstić information content (AvgIpc) is 2.46. The van der Waals surface area contributed by atoms with E-state index in [2.05, 4.69) is 26.1 Å². The molecule has 0 amide bonds. The average molecular weight is 345 g/mol. The van der Waals surface area contributed by atoms with E-state index in [1.165, 1.54) is 0 Å². The number of rotatable bonds is 5. The summed E-state index contributed by atoms with van der Waals surface area (Å²) >= 11 is 3.35. The smallest absolute Gasteiger partial charge is 0.172 e. The summed E-state index contributed by atoms with van der Waals surface area (Å²) in [5.74, 6) is 0.554. The van der Waals surface area contributed by atoms with E-state index >= 15 is 0 Å². The standard InChI is InChI=1S/C14H21BrN2O3/c1-2-20-13-8-10(7-11(15)14(13)19)12(9-18)17-5-3-16-4-6-17/h7-8,12,16,18-19H,2-6,9H2,1H3/t12-/m1/s1. The van der Waals surface area contributed by atoms with Crippen LogP contribution in [0.1, 0.15) is 18.5 Å². The van der Waals surface area contributed by atoms with Gasteiger partial charge >= 0.3 is 0 Å². The van der Waals surface area contributed by atoms with Crippen molar-refractivity contribution in [2.45, 2.75) is 13.0 Å². The van der Waals surface area contributed by atoms with Gasteiger partial charge in [-0.2, -0.15) is 0 Å². The van der Waals surface area contributed by atoms with Crippen LogP contribution in [0.5, 0.6) is 11.5 Å². The largest absolute Gasteiger partial charge is 0.503 e. The fourth-order valence-electron chi connectivity index (χ4n) is 2.48. The number of aromatic hydroxyl groups is 1. The van der Waals surface area contributed by atoms with Crippen molar-refractivity contribution in [2.75, 3.05) is 39.4 Å². The number of aliphatic hydroxyl groups is 1. The molecule has 3 N–H and O–H groups in total. The number of phenolic OH excluding ortho intramolecular Hbond substituents is 1. The van der Waals surface area contributed by atoms with Gasteiger partial charge in [0.05, 0.1) is 23.7 Å². The highest BCUT2D eigenvalue weighted by Gasteiger charge is 2.23. The molecule has 0 bridgehead atoms. The molecule has 112 valence electrons. The first-order valence-corrected chi connectivity index (χ1v) is 7.67. The van der Waals surface area contributed by atoms with Gasteiger partial charge in [-0.15, -0.1) is 0 Å². The predicted molar refractivity (Wildman–Crippen MR) is 81.2 cm³/mol. The summed E-state index contributed by atoms with van der Waals surface area (Å²) in [4.78, 5) is 2.24. The summed E-state index contributed by atoms with van der Waals surface area (Å²) < 4.78 is 6.04. The van der Waals surface area contributed by atoms with Crippen molar-refractivity contribution in [1.29, 1.82) is 0 Å². The van der Waals surface area contributed by atoms with E-state index in [0.29, 0.717) is 16.8 Å². The Hall–Kier alpha value is -0.820. The molecule has 1 atom stereocenters. The van der Waals surface area contributed by atoms with Crippen LogP contribution in [0.4, 0.5) is 0 Å². The number of aliphatic hydroxyl groups excluding tert-OH is 1. The van der Waals surface area contributed by atoms with E-state index in [1.807, 2.05) is 19.1 Å². The molecular formula is C14H21BrN2O3. The highest BCUT2D eigenvalue weighted by Crippen LogP contribution is 2.38. The second-order valence-electron chi connectivity index (χ2n) is 4.77. The van der Waals surface area contributed by atoms with Crippen molar-refractivity contribution in [1.82, 2.24) is 10.2 Å². The molecule has 1 aliphatic heterocycles. The third-order valence-corrected chi connectivity index (χ3v) is 4.11. The maximum Gasteiger partial charge on any atom is 0.172 e. The highest BCUT2D eigenvalue weighted by molar-refractivity contribution is 9.10. The lowest BCUT2D eigenvalue weighted by Gasteiger charge is -2.34. The van der Waals surface area contributed by atoms with Crippen LogP contribution in [-0.2, 0) is 0 Å². The quantitative estimate of drug-likeness (QED) is 0.755. The van der Waals surface area contributed by atoms with Gasteiger partial charge in [0, 0.05) is 26.2 Å². The number of phenols is 1. The van der Waals surface area contributed by atoms with E-state index in [-0.39, 0.29) is 18.4 Å². The zero-order valence-corrected chi connectivity index (χ0v) is 13.2. The number of halogens is 1. The minimum Gasteiger partial charge on any atom is -0.503 e. The van der Waals surface area contributed by atoms with Crippen LogP contribution in [0.2, 0.25) is 0 Å². The van der Waals surface area contributed by atoms with Crippen molar-refractivity contribution in [3.05, 3.63) is 22.2 Å². The van der Waals surface area contributed by atoms with Crippen molar-refractivity contribution < 1.29 is 14.9 Å². The van der Waals surface area contributed by atoms with E-state index in [4.69, 9.17) is 4.74 Å². The molecule has 0 spiro atoms. The Bertz CT molecular complexity index is 450. The number of nitrogens with zero attached hydrogens (tertiary/aromatic N) is 1. The monoisotopic (exact) mass is 344 g/mol. The molecule has 5 nitrogen and oxygen atoms in total. The lowest BCUT2D eigenvalue weighted by atomic mass is 10.0. The summed E-state index contributed by atoms with van der Waals surface area (Å²) in [7, 11) is 0. The Morgan fingerprint density at radius 1 is 1.40 bits per heavy atom. The van der Waals surface area contributed by atoms with Crippen LogP contribution in [0.25, 0.3) is 0 Å². The van der Waals surface area contributed by atoms with Gasteiger partial charge in [0.2, 0.25) is 0 Å². The Labute approximate surface area is 127 Å². The van der Waals surface area contributed by atoms with Gasteiger partial charge in [0.25, 0.3) is 0 Å². The number of hydrogen-bond donors (Lipinski definition) is 3. The van der Waals surface area contributed by atoms with Gasteiger partial charge in [-0.3, -0.25) is 4.90 Å². The van der Waals surface area contributed by atoms with Crippen LogP contribution >= 0.6 is 15.9 Å². The lowest BCUT2D eigenvalue weighted by molar-refractivity contribution is 0.110. The molecule has 6 heteroatoms. The maximum atomic E-state index is 9.96. The normalized spacial score (nSPS) is 17.9. The molecular weight excluding hydrogens is 324 g/mol. The molecule has 1 aliphatic rings. The Kier molecular flexibility index (Phi) is 5.65. The summed E-state index contributed by atoms with van der Waals surface area (Å²) in [6, 6.07) is 3.58. The van der Waals surface area contributed by atoms with Gasteiger partial charge in [0.1, 0.15) is 0 Å². The first-order valence-electron chi connectivity index (χ1n) is 6.88. The van der Waals surface area contributed by atoms with Gasteiger partial charge in [0.15, 0.2) is 11.5 Å². The summed E-state index contributed by atoms with van der Waals surface area (Å²) in [5, 5.41) is 23.0. The minimum absolute atomic E-state index is 0.0444. The van der Waals surface area contributed by atoms with Crippen LogP contribution < -0.4 is 10.1 Å². The number of nitrogens with one attached hydrogen (secondary N) is 1. The van der Waals surface area contributed by atoms with Crippen LogP contribution in [0.15, 0.2) is 16.6 Å². The summed E-state index contributed by atoms with van der Waals surface area (Å²) in [6.07, 6.45) is 0. The molecule has 0 radical (unpaired) electrons. The molecule has 1 saturated heterocycles. The number of ether oxygens (including phenoxy) is 1. The van der Waals surface area contributed by atoms with Gasteiger partial charge in [-0.25, -0.2) is 0 Å². The Balaban J connectivity index is 2.28. The summed E-state index contributed by atoms with van der Waals surface area (Å²) in [6.45, 7) is 6.05. The van der Waals surface area contributed by atoms with Crippen LogP contribution in [-0.4, -0.2) is 54.5 Å². The van der Waals surface area contributed by atoms with E-state index < -0.39 is 0 Å². The second-order valence-corrected chi connectivity index (χ2v) is 5.62. The van der Waals surface area contributed by atoms with Crippen LogP contribution in [0.3, 0.4) is 0 Å². The molecule has 0 unspecified atom stereocenters. The predicted octanol–water partition coefficient (Wildman–Crippen LogP) is 1.49. The summed E-state index contributed by atoms with van der Waals surface area (Å²) in [5.41, 5.74) is 0.947. The minimum atomic E-state index is -0.0757. The highest BCUT2D eigenvalue weighted by atomic mass is 79.9. The lowest BCUT2D eigenvalue weighted by Crippen LogP contribution is -2.46. The molecule has 1 aromatic rings. The zero-order chi connectivity index (χ0) is 14.5. The molecule has 0 saturated carbocycles. The molecule has 2 rings (SSSR count). The topological polar surface area (TPSA) is 65.0 Å². The second kappa shape index (κ2) is 7.26. The van der Waals surface area contributed by atoms with E-state index in [0.717, 1.165) is 31.7 Å². The number of benzene rings is 1. The fourth-order valence-corrected chi connectivity index (χ4v) is 2.94. The zero-order valence-electron chi connectivity index (χ0n) is 11.6. The van der Waals surface area contributed by atoms with Gasteiger partial charge in [-0.1, -0.05) is 0 Å². The van der Waals surface area contributed by atoms with Crippen LogP contribution in [0, 0.1) is 0 Å². The molecule has 0 aromatic heterocycles. The first kappa shape index (κ1) is 15.6. The molecule has 20 heavy (non-hydrogen) atoms. The van der Waals surface area contributed by atoms with E-state index in [9.17, 15) is 10.2 Å². The molecule has 0 aliphatic carbocycles. The number of piperazine rings is 1. The first-order chi connectivity index (χ1) is 9.67. The van der Waals surface area contributed by atoms with Crippen molar-refractivity contribution in [2.24, 2.45) is 0 Å². The Morgan fingerprint density at radius 2 is 2.10 bits per heavy atom. The van der Waals surface area contributed by atoms with Crippen molar-refractivity contribution >= 4 is 15.9 Å². The number of hydrogen-bond acceptors (Lipinski definition) is 5. The van der Waals surface area contributed by atoms with Crippen molar-refractivity contribution in [3.8, 4) is 11.5 Å². The van der Waals surface area contributed by atoms with E-state index in [1.54, 1.807) is 0 Å². The third-order valence-electron chi connectivity index (χ3n) is 3.50. The SMILES string of the molecule is CCOc1cc([C@@H](CO)N2CCNCC2)cc(Br)c1O. The molecule has 1 heterocycles. The van der Waals surface area contributed by atoms with Gasteiger partial charge < -0.3 is 20.3 Å². The van der Waals surface area contributed by atoms with Crippen molar-refractivity contribution in [3.63, 3.8) is 0 Å². The maximum absolute atomic E-state index is 9.96. The van der Waals surface area contributed by atoms with Gasteiger partial charge in [-0.05, 0) is 40.5 Å². The third kappa shape index (κ3) is 3.44. The molecule has 1 fully saturated rings. The molecule has 1 aromatic carbocycles. The fraction of sp³-hybridized carbons (Fsp3) is 0.571. The Morgan fingerprint density at radius 3 is 2.70 bits per heavy atom.